The number of carbonyl (C=O) groups excluding carboxylic acids is 2. The van der Waals surface area contributed by atoms with Gasteiger partial charge < -0.3 is 19.7 Å². The van der Waals surface area contributed by atoms with Gasteiger partial charge in [0, 0.05) is 57.6 Å². The number of rotatable bonds is 5. The summed E-state index contributed by atoms with van der Waals surface area (Å²) in [7, 11) is 0. The Morgan fingerprint density at radius 1 is 1.29 bits per heavy atom. The highest BCUT2D eigenvalue weighted by molar-refractivity contribution is 6.32. The molecule has 3 amide bonds. The van der Waals surface area contributed by atoms with Crippen molar-refractivity contribution in [3.05, 3.63) is 41.3 Å². The average Bonchev–Trinajstić information content (AvgIpc) is 3.12. The molecule has 0 atom stereocenters. The number of nitrogens with zero attached hydrogens (tertiary/aromatic N) is 3. The van der Waals surface area contributed by atoms with Gasteiger partial charge in [0.15, 0.2) is 5.82 Å². The molecule has 1 aromatic heterocycles. The number of ether oxygens (including phenoxy) is 2. The van der Waals surface area contributed by atoms with Crippen LogP contribution >= 0.6 is 11.6 Å². The maximum absolute atomic E-state index is 14.9. The van der Waals surface area contributed by atoms with Gasteiger partial charge in [0.05, 0.1) is 10.7 Å². The van der Waals surface area contributed by atoms with E-state index in [1.807, 2.05) is 0 Å². The SMILES string of the molecule is CC(=O)Nc1cc(Oc2cc(F)c(N3CCN(C4CCOCC4)C3=O)cc2Cl)ccn1. The molecule has 0 aliphatic carbocycles. The number of nitrogens with one attached hydrogen (secondary N) is 1. The lowest BCUT2D eigenvalue weighted by molar-refractivity contribution is -0.114. The van der Waals surface area contributed by atoms with Gasteiger partial charge in [-0.15, -0.1) is 0 Å². The second kappa shape index (κ2) is 9.07. The summed E-state index contributed by atoms with van der Waals surface area (Å²) in [5.74, 6) is -0.165. The lowest BCUT2D eigenvalue weighted by Crippen LogP contribution is -2.42. The van der Waals surface area contributed by atoms with Gasteiger partial charge in [-0.3, -0.25) is 9.69 Å². The zero-order chi connectivity index (χ0) is 22.0. The Hall–Kier alpha value is -2.91. The van der Waals surface area contributed by atoms with Gasteiger partial charge in [-0.1, -0.05) is 11.6 Å². The first-order valence-corrected chi connectivity index (χ1v) is 10.4. The van der Waals surface area contributed by atoms with Gasteiger partial charge >= 0.3 is 6.03 Å². The van der Waals surface area contributed by atoms with Crippen LogP contribution in [-0.2, 0) is 9.53 Å². The molecule has 2 aliphatic heterocycles. The van der Waals surface area contributed by atoms with Gasteiger partial charge in [-0.05, 0) is 25.0 Å². The fraction of sp³-hybridized carbons (Fsp3) is 0.381. The fourth-order valence-electron chi connectivity index (χ4n) is 3.77. The summed E-state index contributed by atoms with van der Waals surface area (Å²) in [4.78, 5) is 31.3. The van der Waals surface area contributed by atoms with E-state index in [-0.39, 0.29) is 34.4 Å². The molecule has 1 aromatic carbocycles. The molecule has 8 nitrogen and oxygen atoms in total. The standard InChI is InChI=1S/C21H22ClFN4O4/c1-13(28)25-20-10-15(2-5-24-20)31-19-12-17(23)18(11-16(19)22)27-7-6-26(21(27)29)14-3-8-30-9-4-14/h2,5,10-12,14H,3-4,6-9H2,1H3,(H,24,25,28). The first kappa shape index (κ1) is 21.3. The van der Waals surface area contributed by atoms with Gasteiger partial charge in [-0.25, -0.2) is 14.2 Å². The van der Waals surface area contributed by atoms with Crippen LogP contribution < -0.4 is 15.0 Å². The summed E-state index contributed by atoms with van der Waals surface area (Å²) in [6.07, 6.45) is 3.01. The van der Waals surface area contributed by atoms with Crippen molar-refractivity contribution in [2.75, 3.05) is 36.5 Å². The number of halogens is 2. The Labute approximate surface area is 183 Å². The molecule has 0 bridgehead atoms. The Morgan fingerprint density at radius 2 is 2.06 bits per heavy atom. The van der Waals surface area contributed by atoms with E-state index in [1.54, 1.807) is 11.0 Å². The highest BCUT2D eigenvalue weighted by atomic mass is 35.5. The van der Waals surface area contributed by atoms with Crippen molar-refractivity contribution < 1.29 is 23.5 Å². The minimum Gasteiger partial charge on any atom is -0.455 e. The van der Waals surface area contributed by atoms with E-state index in [0.29, 0.717) is 37.9 Å². The number of urea groups is 1. The van der Waals surface area contributed by atoms with Crippen molar-refractivity contribution in [1.82, 2.24) is 9.88 Å². The lowest BCUT2D eigenvalue weighted by Gasteiger charge is -2.30. The molecule has 2 aromatic rings. The van der Waals surface area contributed by atoms with Crippen molar-refractivity contribution >= 4 is 35.0 Å². The maximum atomic E-state index is 14.9. The predicted molar refractivity (Wildman–Crippen MR) is 113 cm³/mol. The van der Waals surface area contributed by atoms with Crippen LogP contribution in [0.25, 0.3) is 0 Å². The molecule has 3 heterocycles. The number of carbonyl (C=O) groups is 2. The van der Waals surface area contributed by atoms with E-state index >= 15 is 0 Å². The summed E-state index contributed by atoms with van der Waals surface area (Å²) in [5, 5.41) is 2.70. The molecule has 2 aliphatic rings. The fourth-order valence-corrected chi connectivity index (χ4v) is 3.96. The van der Waals surface area contributed by atoms with Crippen molar-refractivity contribution in [2.45, 2.75) is 25.8 Å². The molecule has 0 radical (unpaired) electrons. The number of hydrogen-bond acceptors (Lipinski definition) is 5. The molecule has 0 saturated carbocycles. The van der Waals surface area contributed by atoms with Crippen molar-refractivity contribution in [3.63, 3.8) is 0 Å². The highest BCUT2D eigenvalue weighted by Gasteiger charge is 2.36. The van der Waals surface area contributed by atoms with Gasteiger partial charge in [-0.2, -0.15) is 0 Å². The normalized spacial score (nSPS) is 17.2. The van der Waals surface area contributed by atoms with Gasteiger partial charge in [0.2, 0.25) is 5.91 Å². The van der Waals surface area contributed by atoms with E-state index < -0.39 is 5.82 Å². The average molecular weight is 449 g/mol. The topological polar surface area (TPSA) is 84.0 Å². The smallest absolute Gasteiger partial charge is 0.324 e. The molecule has 4 rings (SSSR count). The zero-order valence-corrected chi connectivity index (χ0v) is 17.7. The Bertz CT molecular complexity index is 999. The van der Waals surface area contributed by atoms with Crippen molar-refractivity contribution in [2.24, 2.45) is 0 Å². The zero-order valence-electron chi connectivity index (χ0n) is 16.9. The molecular formula is C21H22ClFN4O4. The van der Waals surface area contributed by atoms with Crippen LogP contribution in [0.5, 0.6) is 11.5 Å². The Kier molecular flexibility index (Phi) is 6.24. The van der Waals surface area contributed by atoms with Crippen molar-refractivity contribution in [3.8, 4) is 11.5 Å². The second-order valence-electron chi connectivity index (χ2n) is 7.37. The molecule has 2 saturated heterocycles. The molecule has 0 unspecified atom stereocenters. The number of benzene rings is 1. The largest absolute Gasteiger partial charge is 0.455 e. The van der Waals surface area contributed by atoms with Crippen LogP contribution in [0.4, 0.5) is 20.7 Å². The van der Waals surface area contributed by atoms with Crippen LogP contribution in [-0.4, -0.2) is 54.2 Å². The Balaban J connectivity index is 1.51. The van der Waals surface area contributed by atoms with Crippen LogP contribution in [0, 0.1) is 5.82 Å². The van der Waals surface area contributed by atoms with E-state index in [0.717, 1.165) is 18.9 Å². The summed E-state index contributed by atoms with van der Waals surface area (Å²) in [6.45, 7) is 3.53. The summed E-state index contributed by atoms with van der Waals surface area (Å²) in [6, 6.07) is 5.48. The lowest BCUT2D eigenvalue weighted by atomic mass is 10.1. The highest BCUT2D eigenvalue weighted by Crippen LogP contribution is 2.37. The summed E-state index contributed by atoms with van der Waals surface area (Å²) >= 11 is 6.34. The third kappa shape index (κ3) is 4.72. The van der Waals surface area contributed by atoms with Crippen LogP contribution in [0.1, 0.15) is 19.8 Å². The van der Waals surface area contributed by atoms with Crippen LogP contribution in [0.2, 0.25) is 5.02 Å². The quantitative estimate of drug-likeness (QED) is 0.746. The molecule has 31 heavy (non-hydrogen) atoms. The number of hydrogen-bond donors (Lipinski definition) is 1. The van der Waals surface area contributed by atoms with Crippen molar-refractivity contribution in [1.29, 1.82) is 0 Å². The number of pyridine rings is 1. The molecule has 1 N–H and O–H groups in total. The molecular weight excluding hydrogens is 427 g/mol. The maximum Gasteiger partial charge on any atom is 0.324 e. The van der Waals surface area contributed by atoms with E-state index in [1.165, 1.54) is 30.2 Å². The van der Waals surface area contributed by atoms with Crippen LogP contribution in [0.3, 0.4) is 0 Å². The predicted octanol–water partition coefficient (Wildman–Crippen LogP) is 4.05. The first-order valence-electron chi connectivity index (χ1n) is 9.99. The molecule has 2 fully saturated rings. The van der Waals surface area contributed by atoms with E-state index in [9.17, 15) is 14.0 Å². The number of amides is 3. The minimum atomic E-state index is -0.613. The molecule has 10 heteroatoms. The summed E-state index contributed by atoms with van der Waals surface area (Å²) < 4.78 is 26.0. The minimum absolute atomic E-state index is 0.0934. The number of anilines is 2. The van der Waals surface area contributed by atoms with E-state index in [4.69, 9.17) is 21.1 Å². The summed E-state index contributed by atoms with van der Waals surface area (Å²) in [5.41, 5.74) is 0.116. The first-order chi connectivity index (χ1) is 14.9. The van der Waals surface area contributed by atoms with Gasteiger partial charge in [0.1, 0.15) is 17.3 Å². The van der Waals surface area contributed by atoms with Gasteiger partial charge in [0.25, 0.3) is 0 Å². The van der Waals surface area contributed by atoms with Crippen LogP contribution in [0.15, 0.2) is 30.5 Å². The van der Waals surface area contributed by atoms with E-state index in [2.05, 4.69) is 10.3 Å². The monoisotopic (exact) mass is 448 g/mol. The third-order valence-corrected chi connectivity index (χ3v) is 5.52. The third-order valence-electron chi connectivity index (χ3n) is 5.23. The number of aromatic nitrogens is 1. The Morgan fingerprint density at radius 3 is 2.81 bits per heavy atom. The second-order valence-corrected chi connectivity index (χ2v) is 7.77. The molecule has 0 spiro atoms. The molecule has 164 valence electrons.